The highest BCUT2D eigenvalue weighted by Crippen LogP contribution is 2.31. The second-order valence-electron chi connectivity index (χ2n) is 4.63. The molecule has 1 heterocycles. The SMILES string of the molecule is C[C@H](c1ccc(Cl)cc1Cl)n1nnc2cc(F)c(Br)cc21. The normalized spacial score (nSPS) is 12.8. The minimum absolute atomic E-state index is 0.155. The van der Waals surface area contributed by atoms with Gasteiger partial charge >= 0.3 is 0 Å². The predicted molar refractivity (Wildman–Crippen MR) is 85.5 cm³/mol. The van der Waals surface area contributed by atoms with E-state index in [1.165, 1.54) is 6.07 Å². The Kier molecular flexibility index (Phi) is 3.90. The molecule has 0 N–H and O–H groups in total. The zero-order chi connectivity index (χ0) is 15.1. The van der Waals surface area contributed by atoms with E-state index in [-0.39, 0.29) is 11.9 Å². The molecule has 0 saturated carbocycles. The van der Waals surface area contributed by atoms with Crippen LogP contribution in [0.2, 0.25) is 10.0 Å². The van der Waals surface area contributed by atoms with Crippen molar-refractivity contribution in [2.45, 2.75) is 13.0 Å². The molecule has 0 spiro atoms. The Balaban J connectivity index is 2.13. The van der Waals surface area contributed by atoms with E-state index >= 15 is 0 Å². The summed E-state index contributed by atoms with van der Waals surface area (Å²) in [6, 6.07) is 8.15. The summed E-state index contributed by atoms with van der Waals surface area (Å²) < 4.78 is 15.6. The Morgan fingerprint density at radius 2 is 2.00 bits per heavy atom. The van der Waals surface area contributed by atoms with Gasteiger partial charge in [-0.1, -0.05) is 34.5 Å². The molecule has 0 fully saturated rings. The molecule has 0 radical (unpaired) electrons. The maximum atomic E-state index is 13.5. The molecule has 21 heavy (non-hydrogen) atoms. The molecule has 2 aromatic carbocycles. The topological polar surface area (TPSA) is 30.7 Å². The summed E-state index contributed by atoms with van der Waals surface area (Å²) in [6.45, 7) is 1.94. The number of nitrogens with zero attached hydrogens (tertiary/aromatic N) is 3. The van der Waals surface area contributed by atoms with E-state index < -0.39 is 0 Å². The molecule has 0 aliphatic heterocycles. The molecule has 7 heteroatoms. The van der Waals surface area contributed by atoms with Gasteiger partial charge in [-0.3, -0.25) is 0 Å². The van der Waals surface area contributed by atoms with Crippen molar-refractivity contribution in [2.75, 3.05) is 0 Å². The number of hydrogen-bond donors (Lipinski definition) is 0. The summed E-state index contributed by atoms with van der Waals surface area (Å²) in [5.41, 5.74) is 2.09. The molecule has 108 valence electrons. The first-order valence-electron chi connectivity index (χ1n) is 6.12. The molecule has 3 rings (SSSR count). The summed E-state index contributed by atoms with van der Waals surface area (Å²) in [7, 11) is 0. The number of aromatic nitrogens is 3. The van der Waals surface area contributed by atoms with Gasteiger partial charge in [-0.2, -0.15) is 0 Å². The summed E-state index contributed by atoms with van der Waals surface area (Å²) in [5, 5.41) is 9.23. The number of rotatable bonds is 2. The number of halogens is 4. The fraction of sp³-hybridized carbons (Fsp3) is 0.143. The zero-order valence-corrected chi connectivity index (χ0v) is 13.9. The van der Waals surface area contributed by atoms with E-state index in [0.717, 1.165) is 11.1 Å². The van der Waals surface area contributed by atoms with Crippen LogP contribution in [0.3, 0.4) is 0 Å². The standard InChI is InChI=1S/C14H9BrCl2FN3/c1-7(9-3-2-8(16)4-11(9)17)21-14-5-10(15)12(18)6-13(14)19-20-21/h2-7H,1H3/t7-/m1/s1. The van der Waals surface area contributed by atoms with Crippen molar-refractivity contribution in [3.63, 3.8) is 0 Å². The van der Waals surface area contributed by atoms with Gasteiger partial charge in [-0.25, -0.2) is 9.07 Å². The molecular weight excluding hydrogens is 380 g/mol. The molecule has 0 unspecified atom stereocenters. The van der Waals surface area contributed by atoms with Crippen LogP contribution in [-0.2, 0) is 0 Å². The van der Waals surface area contributed by atoms with E-state index in [0.29, 0.717) is 20.0 Å². The van der Waals surface area contributed by atoms with Gasteiger partial charge < -0.3 is 0 Å². The summed E-state index contributed by atoms with van der Waals surface area (Å²) in [4.78, 5) is 0. The quantitative estimate of drug-likeness (QED) is 0.600. The van der Waals surface area contributed by atoms with Crippen LogP contribution in [0.25, 0.3) is 11.0 Å². The molecule has 0 bridgehead atoms. The Hall–Kier alpha value is -1.17. The lowest BCUT2D eigenvalue weighted by atomic mass is 10.1. The van der Waals surface area contributed by atoms with E-state index in [2.05, 4.69) is 26.2 Å². The van der Waals surface area contributed by atoms with Gasteiger partial charge in [0.15, 0.2) is 0 Å². The van der Waals surface area contributed by atoms with Crippen LogP contribution in [0, 0.1) is 5.82 Å². The van der Waals surface area contributed by atoms with Crippen molar-refractivity contribution >= 4 is 50.2 Å². The lowest BCUT2D eigenvalue weighted by Gasteiger charge is -2.15. The van der Waals surface area contributed by atoms with Crippen molar-refractivity contribution < 1.29 is 4.39 Å². The molecule has 0 saturated heterocycles. The van der Waals surface area contributed by atoms with Crippen LogP contribution in [-0.4, -0.2) is 15.0 Å². The molecule has 0 amide bonds. The van der Waals surface area contributed by atoms with Crippen LogP contribution >= 0.6 is 39.1 Å². The van der Waals surface area contributed by atoms with Gasteiger partial charge in [0.2, 0.25) is 0 Å². The van der Waals surface area contributed by atoms with Crippen molar-refractivity contribution in [1.82, 2.24) is 15.0 Å². The molecular formula is C14H9BrCl2FN3. The monoisotopic (exact) mass is 387 g/mol. The lowest BCUT2D eigenvalue weighted by molar-refractivity contribution is 0.560. The average molecular weight is 389 g/mol. The summed E-state index contributed by atoms with van der Waals surface area (Å²) >= 11 is 15.3. The minimum Gasteiger partial charge on any atom is -0.237 e. The highest BCUT2D eigenvalue weighted by Gasteiger charge is 2.17. The first kappa shape index (κ1) is 14.8. The molecule has 3 aromatic rings. The highest BCUT2D eigenvalue weighted by atomic mass is 79.9. The maximum Gasteiger partial charge on any atom is 0.139 e. The first-order valence-corrected chi connectivity index (χ1v) is 7.67. The molecule has 1 aromatic heterocycles. The Bertz CT molecular complexity index is 834. The fourth-order valence-electron chi connectivity index (χ4n) is 2.19. The zero-order valence-electron chi connectivity index (χ0n) is 10.8. The van der Waals surface area contributed by atoms with Crippen molar-refractivity contribution in [2.24, 2.45) is 0 Å². The molecule has 0 aliphatic carbocycles. The minimum atomic E-state index is -0.369. The van der Waals surface area contributed by atoms with Gasteiger partial charge in [0.1, 0.15) is 11.3 Å². The van der Waals surface area contributed by atoms with Crippen molar-refractivity contribution in [3.8, 4) is 0 Å². The fourth-order valence-corrected chi connectivity index (χ4v) is 3.09. The number of benzene rings is 2. The summed E-state index contributed by atoms with van der Waals surface area (Å²) in [6.07, 6.45) is 0. The van der Waals surface area contributed by atoms with Crippen LogP contribution in [0.1, 0.15) is 18.5 Å². The van der Waals surface area contributed by atoms with Gasteiger partial charge in [0.25, 0.3) is 0 Å². The second kappa shape index (κ2) is 5.55. The van der Waals surface area contributed by atoms with E-state index in [1.54, 1.807) is 22.9 Å². The second-order valence-corrected chi connectivity index (χ2v) is 6.33. The molecule has 0 aliphatic rings. The third-order valence-corrected chi connectivity index (χ3v) is 4.46. The van der Waals surface area contributed by atoms with E-state index in [9.17, 15) is 4.39 Å². The lowest BCUT2D eigenvalue weighted by Crippen LogP contribution is -2.09. The molecule has 3 nitrogen and oxygen atoms in total. The van der Waals surface area contributed by atoms with Gasteiger partial charge in [0, 0.05) is 16.1 Å². The molecule has 1 atom stereocenters. The van der Waals surface area contributed by atoms with Crippen LogP contribution < -0.4 is 0 Å². The Morgan fingerprint density at radius 3 is 2.71 bits per heavy atom. The van der Waals surface area contributed by atoms with E-state index in [1.807, 2.05) is 13.0 Å². The number of fused-ring (bicyclic) bond motifs is 1. The largest absolute Gasteiger partial charge is 0.237 e. The van der Waals surface area contributed by atoms with Crippen LogP contribution in [0.5, 0.6) is 0 Å². The highest BCUT2D eigenvalue weighted by molar-refractivity contribution is 9.10. The Morgan fingerprint density at radius 1 is 1.24 bits per heavy atom. The van der Waals surface area contributed by atoms with Crippen molar-refractivity contribution in [1.29, 1.82) is 0 Å². The predicted octanol–water partition coefficient (Wildman–Crippen LogP) is 5.25. The van der Waals surface area contributed by atoms with Crippen molar-refractivity contribution in [3.05, 3.63) is 56.2 Å². The van der Waals surface area contributed by atoms with Gasteiger partial charge in [0.05, 0.1) is 16.0 Å². The van der Waals surface area contributed by atoms with Gasteiger partial charge in [-0.05, 0) is 46.6 Å². The Labute approximate surface area is 138 Å². The number of hydrogen-bond acceptors (Lipinski definition) is 2. The smallest absolute Gasteiger partial charge is 0.139 e. The van der Waals surface area contributed by atoms with Crippen LogP contribution in [0.4, 0.5) is 4.39 Å². The van der Waals surface area contributed by atoms with Gasteiger partial charge in [-0.15, -0.1) is 5.10 Å². The first-order chi connectivity index (χ1) is 9.97. The maximum absolute atomic E-state index is 13.5. The summed E-state index contributed by atoms with van der Waals surface area (Å²) in [5.74, 6) is -0.369. The third-order valence-electron chi connectivity index (χ3n) is 3.29. The van der Waals surface area contributed by atoms with E-state index in [4.69, 9.17) is 23.2 Å². The average Bonchev–Trinajstić information content (AvgIpc) is 2.81. The third kappa shape index (κ3) is 2.65. The van der Waals surface area contributed by atoms with Crippen LogP contribution in [0.15, 0.2) is 34.8 Å².